The fourth-order valence-corrected chi connectivity index (χ4v) is 3.56. The van der Waals surface area contributed by atoms with Gasteiger partial charge in [-0.05, 0) is 72.1 Å². The smallest absolute Gasteiger partial charge is 0.274 e. The Labute approximate surface area is 185 Å². The van der Waals surface area contributed by atoms with Crippen molar-refractivity contribution in [1.82, 2.24) is 10.5 Å². The number of hydroxylamine groups is 1. The number of carbonyl (C=O) groups excluding carboxylic acids is 2. The van der Waals surface area contributed by atoms with E-state index in [9.17, 15) is 9.59 Å². The molecule has 0 saturated heterocycles. The molecule has 0 atom stereocenters. The van der Waals surface area contributed by atoms with Gasteiger partial charge in [0.25, 0.3) is 5.91 Å². The highest BCUT2D eigenvalue weighted by molar-refractivity contribution is 5.98. The molecule has 0 bridgehead atoms. The van der Waals surface area contributed by atoms with Crippen LogP contribution in [0.3, 0.4) is 0 Å². The molecular weight excluding hydrogens is 406 g/mol. The molecule has 4 aromatic rings. The molecule has 7 nitrogen and oxygen atoms in total. The van der Waals surface area contributed by atoms with Crippen molar-refractivity contribution in [2.24, 2.45) is 0 Å². The van der Waals surface area contributed by atoms with Gasteiger partial charge in [0, 0.05) is 28.4 Å². The molecule has 4 rings (SSSR count). The molecule has 1 aromatic heterocycles. The third-order valence-corrected chi connectivity index (χ3v) is 5.15. The first kappa shape index (κ1) is 21.1. The Hall–Kier alpha value is -4.10. The van der Waals surface area contributed by atoms with E-state index >= 15 is 0 Å². The van der Waals surface area contributed by atoms with Gasteiger partial charge in [-0.3, -0.25) is 14.8 Å². The van der Waals surface area contributed by atoms with Crippen molar-refractivity contribution in [3.8, 4) is 16.9 Å². The summed E-state index contributed by atoms with van der Waals surface area (Å²) in [5.74, 6) is 0.0584. The summed E-state index contributed by atoms with van der Waals surface area (Å²) < 4.78 is 5.51. The number of aromatic nitrogens is 1. The van der Waals surface area contributed by atoms with Gasteiger partial charge in [0.1, 0.15) is 5.75 Å². The number of ether oxygens (including phenoxy) is 1. The molecule has 3 aromatic carbocycles. The van der Waals surface area contributed by atoms with Gasteiger partial charge < -0.3 is 15.0 Å². The summed E-state index contributed by atoms with van der Waals surface area (Å²) >= 11 is 0. The number of benzene rings is 3. The molecule has 7 heteroatoms. The molecule has 0 radical (unpaired) electrons. The lowest BCUT2D eigenvalue weighted by atomic mass is 10.0. The monoisotopic (exact) mass is 429 g/mol. The van der Waals surface area contributed by atoms with Crippen LogP contribution in [-0.2, 0) is 11.2 Å². The Morgan fingerprint density at radius 3 is 2.38 bits per heavy atom. The molecule has 2 amide bonds. The largest absolute Gasteiger partial charge is 0.494 e. The second kappa shape index (κ2) is 9.36. The third kappa shape index (κ3) is 4.63. The predicted molar refractivity (Wildman–Crippen MR) is 123 cm³/mol. The SMILES string of the molecule is CCOc1ccc(-c2ccc3[nH]cc(CC(=O)Nc4ccc(C(=O)NO)cc4)c3c2)cc1. The minimum atomic E-state index is -0.606. The second-order valence-corrected chi connectivity index (χ2v) is 7.27. The summed E-state index contributed by atoms with van der Waals surface area (Å²) in [5.41, 5.74) is 6.42. The molecule has 0 spiro atoms. The predicted octanol–water partition coefficient (Wildman–Crippen LogP) is 4.53. The zero-order valence-electron chi connectivity index (χ0n) is 17.5. The summed E-state index contributed by atoms with van der Waals surface area (Å²) in [5, 5.41) is 12.5. The molecule has 0 aliphatic rings. The van der Waals surface area contributed by atoms with Crippen LogP contribution in [0.5, 0.6) is 5.75 Å². The third-order valence-electron chi connectivity index (χ3n) is 5.15. The molecule has 4 N–H and O–H groups in total. The van der Waals surface area contributed by atoms with Crippen LogP contribution in [0.15, 0.2) is 72.9 Å². The van der Waals surface area contributed by atoms with Gasteiger partial charge in [0.15, 0.2) is 0 Å². The number of rotatable bonds is 7. The molecular formula is C25H23N3O4. The van der Waals surface area contributed by atoms with Crippen LogP contribution in [0, 0.1) is 0 Å². The number of hydrogen-bond donors (Lipinski definition) is 4. The van der Waals surface area contributed by atoms with Crippen LogP contribution in [0.2, 0.25) is 0 Å². The number of fused-ring (bicyclic) bond motifs is 1. The fourth-order valence-electron chi connectivity index (χ4n) is 3.56. The van der Waals surface area contributed by atoms with Gasteiger partial charge in [-0.25, -0.2) is 5.48 Å². The van der Waals surface area contributed by atoms with Crippen molar-refractivity contribution >= 4 is 28.4 Å². The molecule has 0 fully saturated rings. The Morgan fingerprint density at radius 1 is 0.969 bits per heavy atom. The van der Waals surface area contributed by atoms with E-state index in [4.69, 9.17) is 9.94 Å². The van der Waals surface area contributed by atoms with E-state index in [1.165, 1.54) is 12.1 Å². The molecule has 0 saturated carbocycles. The lowest BCUT2D eigenvalue weighted by Gasteiger charge is -2.07. The van der Waals surface area contributed by atoms with E-state index in [1.807, 2.05) is 49.5 Å². The van der Waals surface area contributed by atoms with Crippen LogP contribution in [0.1, 0.15) is 22.8 Å². The first-order valence-corrected chi connectivity index (χ1v) is 10.2. The summed E-state index contributed by atoms with van der Waals surface area (Å²) in [7, 11) is 0. The van der Waals surface area contributed by atoms with Crippen LogP contribution in [-0.4, -0.2) is 28.6 Å². The Balaban J connectivity index is 1.50. The standard InChI is InChI=1S/C25H23N3O4/c1-2-32-21-10-5-16(6-11-21)18-7-12-23-22(13-18)19(15-26-23)14-24(29)27-20-8-3-17(4-9-20)25(30)28-31/h3-13,15,26,31H,2,14H2,1H3,(H,27,29)(H,28,30). The summed E-state index contributed by atoms with van der Waals surface area (Å²) in [6.45, 7) is 2.58. The zero-order chi connectivity index (χ0) is 22.5. The summed E-state index contributed by atoms with van der Waals surface area (Å²) in [6.07, 6.45) is 2.05. The molecule has 0 unspecified atom stereocenters. The van der Waals surface area contributed by atoms with Gasteiger partial charge in [-0.2, -0.15) is 0 Å². The van der Waals surface area contributed by atoms with E-state index < -0.39 is 5.91 Å². The molecule has 32 heavy (non-hydrogen) atoms. The van der Waals surface area contributed by atoms with Crippen molar-refractivity contribution < 1.29 is 19.5 Å². The van der Waals surface area contributed by atoms with Crippen LogP contribution < -0.4 is 15.5 Å². The summed E-state index contributed by atoms with van der Waals surface area (Å²) in [4.78, 5) is 27.2. The maximum absolute atomic E-state index is 12.6. The number of hydrogen-bond acceptors (Lipinski definition) is 4. The van der Waals surface area contributed by atoms with Gasteiger partial charge in [0.2, 0.25) is 5.91 Å². The van der Waals surface area contributed by atoms with Gasteiger partial charge in [-0.15, -0.1) is 0 Å². The second-order valence-electron chi connectivity index (χ2n) is 7.27. The quantitative estimate of drug-likeness (QED) is 0.256. The fraction of sp³-hybridized carbons (Fsp3) is 0.120. The van der Waals surface area contributed by atoms with E-state index in [0.717, 1.165) is 33.3 Å². The lowest BCUT2D eigenvalue weighted by Crippen LogP contribution is -2.18. The minimum Gasteiger partial charge on any atom is -0.494 e. The maximum Gasteiger partial charge on any atom is 0.274 e. The zero-order valence-corrected chi connectivity index (χ0v) is 17.5. The van der Waals surface area contributed by atoms with Crippen LogP contribution in [0.4, 0.5) is 5.69 Å². The number of anilines is 1. The molecule has 0 aliphatic heterocycles. The maximum atomic E-state index is 12.6. The van der Waals surface area contributed by atoms with Crippen molar-refractivity contribution in [1.29, 1.82) is 0 Å². The number of aromatic amines is 1. The first-order chi connectivity index (χ1) is 15.6. The number of amides is 2. The topological polar surface area (TPSA) is 103 Å². The number of carbonyl (C=O) groups is 2. The average molecular weight is 429 g/mol. The Kier molecular flexibility index (Phi) is 6.19. The van der Waals surface area contributed by atoms with E-state index in [-0.39, 0.29) is 12.3 Å². The number of nitrogens with one attached hydrogen (secondary N) is 3. The minimum absolute atomic E-state index is 0.170. The highest BCUT2D eigenvalue weighted by Gasteiger charge is 2.11. The van der Waals surface area contributed by atoms with Crippen LogP contribution >= 0.6 is 0 Å². The van der Waals surface area contributed by atoms with E-state index in [0.29, 0.717) is 17.9 Å². The van der Waals surface area contributed by atoms with E-state index in [1.54, 1.807) is 17.6 Å². The first-order valence-electron chi connectivity index (χ1n) is 10.2. The molecule has 162 valence electrons. The highest BCUT2D eigenvalue weighted by atomic mass is 16.5. The van der Waals surface area contributed by atoms with E-state index in [2.05, 4.69) is 16.4 Å². The van der Waals surface area contributed by atoms with Crippen molar-refractivity contribution in [3.05, 3.63) is 84.1 Å². The van der Waals surface area contributed by atoms with Crippen LogP contribution in [0.25, 0.3) is 22.0 Å². The molecule has 0 aliphatic carbocycles. The van der Waals surface area contributed by atoms with Gasteiger partial charge in [-0.1, -0.05) is 18.2 Å². The Bertz CT molecular complexity index is 1240. The highest BCUT2D eigenvalue weighted by Crippen LogP contribution is 2.28. The Morgan fingerprint density at radius 2 is 1.69 bits per heavy atom. The lowest BCUT2D eigenvalue weighted by molar-refractivity contribution is -0.115. The van der Waals surface area contributed by atoms with Crippen molar-refractivity contribution in [2.45, 2.75) is 13.3 Å². The van der Waals surface area contributed by atoms with Crippen molar-refractivity contribution in [3.63, 3.8) is 0 Å². The number of H-pyrrole nitrogens is 1. The van der Waals surface area contributed by atoms with Gasteiger partial charge in [0.05, 0.1) is 13.0 Å². The normalized spacial score (nSPS) is 10.7. The summed E-state index contributed by atoms with van der Waals surface area (Å²) in [6, 6.07) is 20.3. The molecule has 1 heterocycles. The van der Waals surface area contributed by atoms with Crippen molar-refractivity contribution in [2.75, 3.05) is 11.9 Å². The average Bonchev–Trinajstić information content (AvgIpc) is 3.21. The van der Waals surface area contributed by atoms with Gasteiger partial charge >= 0.3 is 0 Å².